The van der Waals surface area contributed by atoms with Gasteiger partial charge in [0.25, 0.3) is 5.91 Å². The largest absolute Gasteiger partial charge is 1.00 e. The summed E-state index contributed by atoms with van der Waals surface area (Å²) < 4.78 is 78.5. The fraction of sp³-hybridized carbons (Fsp3) is 0.0606. The number of primary amides is 1. The van der Waals surface area contributed by atoms with Crippen molar-refractivity contribution in [1.82, 2.24) is 15.0 Å². The zero-order valence-corrected chi connectivity index (χ0v) is 41.1. The van der Waals surface area contributed by atoms with Gasteiger partial charge in [0.2, 0.25) is 0 Å². The summed E-state index contributed by atoms with van der Waals surface area (Å²) in [5.74, 6) is -0.852. The number of carbonyl (C=O) groups excluding carboxylic acids is 1. The van der Waals surface area contributed by atoms with Crippen LogP contribution < -0.4 is 110 Å². The number of aryl methyl sites for hydroxylation is 2. The first-order valence-electron chi connectivity index (χ1n) is 15.7. The molecule has 0 fully saturated rings. The van der Waals surface area contributed by atoms with E-state index in [0.29, 0.717) is 28.9 Å². The van der Waals surface area contributed by atoms with Gasteiger partial charge in [0, 0.05) is 15.7 Å². The maximum atomic E-state index is 12.5. The van der Waals surface area contributed by atoms with Crippen LogP contribution in [0.15, 0.2) is 120 Å². The smallest absolute Gasteiger partial charge is 0.744 e. The minimum Gasteiger partial charge on any atom is -0.744 e. The van der Waals surface area contributed by atoms with E-state index in [0.717, 1.165) is 12.1 Å². The molecule has 2 heterocycles. The summed E-state index contributed by atoms with van der Waals surface area (Å²) in [7, 11) is -10.00. The minimum atomic E-state index is -5.05. The Hall–Kier alpha value is -2.89. The molecular weight excluding hydrogens is 897 g/mol. The number of fused-ring (bicyclic) bond motifs is 1. The van der Waals surface area contributed by atoms with Crippen molar-refractivity contribution in [1.29, 1.82) is 0 Å². The maximum absolute atomic E-state index is 12.5. The van der Waals surface area contributed by atoms with Gasteiger partial charge in [0.15, 0.2) is 0 Å². The number of rotatable bonds is 13. The van der Waals surface area contributed by atoms with Crippen LogP contribution in [-0.4, -0.2) is 46.8 Å². The van der Waals surface area contributed by atoms with E-state index < -0.39 is 35.9 Å². The van der Waals surface area contributed by atoms with Crippen LogP contribution in [0.4, 0.5) is 34.4 Å². The van der Waals surface area contributed by atoms with Crippen molar-refractivity contribution in [3.05, 3.63) is 107 Å². The number of nitrogens with zero attached hydrogens (tertiary/aromatic N) is 8. The van der Waals surface area contributed by atoms with E-state index in [1.165, 1.54) is 65.5 Å². The molecule has 1 amide bonds. The number of azo groups is 2. The van der Waals surface area contributed by atoms with Gasteiger partial charge in [-0.25, -0.2) is 21.4 Å². The summed E-state index contributed by atoms with van der Waals surface area (Å²) in [6.45, 7) is 3.35. The molecule has 292 valence electrons. The van der Waals surface area contributed by atoms with Gasteiger partial charge in [0.1, 0.15) is 25.9 Å². The molecule has 6 rings (SSSR count). The molecule has 2 aromatic heterocycles. The van der Waals surface area contributed by atoms with Gasteiger partial charge in [-0.2, -0.15) is 19.5 Å². The molecule has 0 spiro atoms. The van der Waals surface area contributed by atoms with Gasteiger partial charge in [-0.1, -0.05) is 12.1 Å². The summed E-state index contributed by atoms with van der Waals surface area (Å²) >= 11 is 6.66. The summed E-state index contributed by atoms with van der Waals surface area (Å²) in [4.78, 5) is 23.2. The van der Waals surface area contributed by atoms with E-state index >= 15 is 0 Å². The third-order valence-corrected chi connectivity index (χ3v) is 10.3. The van der Waals surface area contributed by atoms with E-state index in [2.05, 4.69) is 50.1 Å². The first kappa shape index (κ1) is 51.5. The van der Waals surface area contributed by atoms with Crippen molar-refractivity contribution in [3.8, 4) is 5.95 Å². The van der Waals surface area contributed by atoms with Crippen molar-refractivity contribution in [2.75, 3.05) is 5.32 Å². The number of aromatic nitrogens is 4. The number of pyridine rings is 1. The monoisotopic (exact) mass is 919 g/mol. The standard InChI is InChI=1S/C33H25ClN10O10S3.3Na/c1-17-14-25(42-43-26-15-20(55-54-53-46)8-11-27(26)56(47,48)49)18(2)13-24(17)41-40-22-9-10-23(29-21(22)6-3-7-28(29)57(50,51)52)36-32-37-31(34)38-33(39-32)44-12-4-5-19(16-44)30(35)45;;;/h3-16H,1-2H3,(H5-,35,36,37,38,39,41,43,45,46,47,48,49,50,51,52);;;/q;3*+1/p-2. The number of hydrogen-bond acceptors (Lipinski definition) is 19. The Bertz CT molecular complexity index is 2880. The zero-order valence-electron chi connectivity index (χ0n) is 31.9. The maximum Gasteiger partial charge on any atom is 1.00 e. The van der Waals surface area contributed by atoms with Crippen LogP contribution in [0.1, 0.15) is 21.5 Å². The Kier molecular flexibility index (Phi) is 18.8. The van der Waals surface area contributed by atoms with Crippen LogP contribution in [0, 0.1) is 13.8 Å². The molecule has 0 radical (unpaired) electrons. The van der Waals surface area contributed by atoms with Gasteiger partial charge in [0.05, 0.1) is 62.5 Å². The van der Waals surface area contributed by atoms with Crippen LogP contribution in [0.2, 0.25) is 5.28 Å². The van der Waals surface area contributed by atoms with Gasteiger partial charge in [-0.05, 0) is 107 Å². The first-order chi connectivity index (χ1) is 27.0. The Labute approximate surface area is 416 Å². The zero-order chi connectivity index (χ0) is 41.1. The van der Waals surface area contributed by atoms with Crippen LogP contribution in [0.5, 0.6) is 0 Å². The van der Waals surface area contributed by atoms with Gasteiger partial charge < -0.3 is 25.4 Å². The molecule has 4 aromatic carbocycles. The Morgan fingerprint density at radius 3 is 2.05 bits per heavy atom. The number of carbonyl (C=O) groups is 1. The fourth-order valence-corrected chi connectivity index (χ4v) is 7.09. The Morgan fingerprint density at radius 1 is 0.800 bits per heavy atom. The number of benzene rings is 4. The molecule has 0 aliphatic rings. The van der Waals surface area contributed by atoms with Gasteiger partial charge in [-0.3, -0.25) is 9.83 Å². The summed E-state index contributed by atoms with van der Waals surface area (Å²) in [6, 6.07) is 16.6. The molecule has 0 aliphatic carbocycles. The fourth-order valence-electron chi connectivity index (χ4n) is 5.24. The summed E-state index contributed by atoms with van der Waals surface area (Å²) in [6.07, 6.45) is 2.91. The van der Waals surface area contributed by atoms with E-state index in [4.69, 9.17) is 17.3 Å². The van der Waals surface area contributed by atoms with Crippen molar-refractivity contribution >= 4 is 94.9 Å². The third kappa shape index (κ3) is 12.6. The molecule has 0 bridgehead atoms. The Morgan fingerprint density at radius 2 is 1.43 bits per heavy atom. The molecule has 60 heavy (non-hydrogen) atoms. The van der Waals surface area contributed by atoms with Crippen molar-refractivity contribution in [2.45, 2.75) is 28.5 Å². The molecule has 3 N–H and O–H groups in total. The van der Waals surface area contributed by atoms with Crippen molar-refractivity contribution in [2.24, 2.45) is 26.2 Å². The normalized spacial score (nSPS) is 11.6. The van der Waals surface area contributed by atoms with Crippen LogP contribution in [0.25, 0.3) is 16.7 Å². The average Bonchev–Trinajstić information content (AvgIpc) is 3.16. The molecule has 0 unspecified atom stereocenters. The van der Waals surface area contributed by atoms with Crippen molar-refractivity contribution < 1.29 is 139 Å². The molecular formula is C33H23ClN10Na3O10S3+. The first-order valence-corrected chi connectivity index (χ1v) is 19.6. The molecule has 20 nitrogen and oxygen atoms in total. The second-order valence-corrected chi connectivity index (χ2v) is 15.4. The molecule has 0 saturated carbocycles. The molecule has 27 heteroatoms. The van der Waals surface area contributed by atoms with Crippen molar-refractivity contribution in [3.63, 3.8) is 0 Å². The number of hydrogen-bond donors (Lipinski definition) is 2. The molecule has 6 aromatic rings. The van der Waals surface area contributed by atoms with E-state index in [-0.39, 0.29) is 150 Å². The topological polar surface area (TPSA) is 303 Å². The predicted octanol–water partition coefficient (Wildman–Crippen LogP) is -3.70. The minimum absolute atomic E-state index is 0. The van der Waals surface area contributed by atoms with Crippen LogP contribution >= 0.6 is 23.6 Å². The van der Waals surface area contributed by atoms with E-state index in [1.54, 1.807) is 26.0 Å². The van der Waals surface area contributed by atoms with Crippen LogP contribution in [0.3, 0.4) is 0 Å². The molecule has 0 saturated heterocycles. The second kappa shape index (κ2) is 22.0. The number of nitrogens with one attached hydrogen (secondary N) is 1. The number of nitrogens with two attached hydrogens (primary N) is 1. The Balaban J connectivity index is 0.00000320. The summed E-state index contributed by atoms with van der Waals surface area (Å²) in [5, 5.41) is 33.1. The number of amides is 1. The van der Waals surface area contributed by atoms with Crippen LogP contribution in [-0.2, 0) is 29.6 Å². The van der Waals surface area contributed by atoms with E-state index in [9.17, 15) is 36.0 Å². The summed E-state index contributed by atoms with van der Waals surface area (Å²) in [5.41, 5.74) is 7.18. The molecule has 0 atom stereocenters. The second-order valence-electron chi connectivity index (χ2n) is 11.6. The molecule has 0 aliphatic heterocycles. The van der Waals surface area contributed by atoms with Gasteiger partial charge >= 0.3 is 106 Å². The average molecular weight is 920 g/mol. The number of anilines is 2. The van der Waals surface area contributed by atoms with E-state index in [1.807, 2.05) is 0 Å². The third-order valence-electron chi connectivity index (χ3n) is 7.81. The number of halogens is 1. The van der Waals surface area contributed by atoms with Gasteiger partial charge in [-0.15, -0.1) is 10.2 Å². The predicted molar refractivity (Wildman–Crippen MR) is 197 cm³/mol. The quantitative estimate of drug-likeness (QED) is 0.0214. The SMILES string of the molecule is Cc1cc(N=Nc2ccc(Nc3nc(Cl)nc(-[n+]4cccc(C(N)=O)c4)n3)c3c(S(=O)(=O)[O-])cccc23)c(C)cc1N=Nc1cc(SOO[O-])ccc1S(=O)(=O)[O-].[Na+].[Na+].[Na+].